The fraction of sp³-hybridized carbons (Fsp3) is 0.194. The molecule has 0 bridgehead atoms. The van der Waals surface area contributed by atoms with Crippen LogP contribution >= 0.6 is 23.2 Å². The van der Waals surface area contributed by atoms with Crippen molar-refractivity contribution in [2.45, 2.75) is 18.9 Å². The maximum absolute atomic E-state index is 13.2. The SMILES string of the molecule is COc1ccc([C@@H](COC(=O)c2cccc(CNc3cccc4cn[nH]c34)c2)Cc2c(Cl)cncc2Cl)cc1OC. The summed E-state index contributed by atoms with van der Waals surface area (Å²) in [5.74, 6) is 0.469. The third-order valence-corrected chi connectivity index (χ3v) is 7.47. The van der Waals surface area contributed by atoms with Crippen LogP contribution in [0.2, 0.25) is 10.0 Å². The molecule has 5 aromatic rings. The molecule has 0 unspecified atom stereocenters. The van der Waals surface area contributed by atoms with Gasteiger partial charge in [-0.1, -0.05) is 53.5 Å². The zero-order valence-corrected chi connectivity index (χ0v) is 24.0. The number of nitrogens with one attached hydrogen (secondary N) is 2. The lowest BCUT2D eigenvalue weighted by Gasteiger charge is -2.20. The molecule has 10 heteroatoms. The van der Waals surface area contributed by atoms with Gasteiger partial charge in [-0.25, -0.2) is 4.79 Å². The lowest BCUT2D eigenvalue weighted by Crippen LogP contribution is -2.16. The quantitative estimate of drug-likeness (QED) is 0.159. The second-order valence-corrected chi connectivity index (χ2v) is 10.2. The normalized spacial score (nSPS) is 11.7. The molecular weight excluding hydrogens is 563 g/mol. The van der Waals surface area contributed by atoms with Crippen molar-refractivity contribution in [1.82, 2.24) is 15.2 Å². The van der Waals surface area contributed by atoms with Crippen molar-refractivity contribution in [3.05, 3.63) is 112 Å². The smallest absolute Gasteiger partial charge is 0.338 e. The Morgan fingerprint density at radius 1 is 0.951 bits per heavy atom. The zero-order chi connectivity index (χ0) is 28.8. The van der Waals surface area contributed by atoms with Gasteiger partial charge in [0.05, 0.1) is 53.8 Å². The number of para-hydroxylation sites is 1. The van der Waals surface area contributed by atoms with E-state index in [4.69, 9.17) is 37.4 Å². The predicted octanol–water partition coefficient (Wildman–Crippen LogP) is 7.08. The van der Waals surface area contributed by atoms with Crippen molar-refractivity contribution in [2.24, 2.45) is 0 Å². The summed E-state index contributed by atoms with van der Waals surface area (Å²) in [4.78, 5) is 17.2. The molecular formula is C31H28Cl2N4O4. The Morgan fingerprint density at radius 3 is 2.51 bits per heavy atom. The molecule has 3 aromatic carbocycles. The van der Waals surface area contributed by atoms with E-state index < -0.39 is 5.97 Å². The molecule has 0 radical (unpaired) electrons. The van der Waals surface area contributed by atoms with E-state index in [1.165, 1.54) is 0 Å². The Morgan fingerprint density at radius 2 is 1.73 bits per heavy atom. The number of nitrogens with zero attached hydrogens (tertiary/aromatic N) is 2. The number of aromatic amines is 1. The number of hydrogen-bond acceptors (Lipinski definition) is 7. The number of carbonyl (C=O) groups excluding carboxylic acids is 1. The first-order chi connectivity index (χ1) is 20.0. The van der Waals surface area contributed by atoms with Gasteiger partial charge >= 0.3 is 5.97 Å². The molecule has 0 spiro atoms. The number of benzene rings is 3. The van der Waals surface area contributed by atoms with Gasteiger partial charge in [0, 0.05) is 30.2 Å². The first-order valence-corrected chi connectivity index (χ1v) is 13.6. The molecule has 2 N–H and O–H groups in total. The van der Waals surface area contributed by atoms with Crippen LogP contribution in [0.4, 0.5) is 5.69 Å². The van der Waals surface area contributed by atoms with Crippen LogP contribution in [0, 0.1) is 0 Å². The van der Waals surface area contributed by atoms with E-state index >= 15 is 0 Å². The van der Waals surface area contributed by atoms with Crippen molar-refractivity contribution >= 4 is 45.8 Å². The molecule has 0 saturated heterocycles. The Kier molecular flexibility index (Phi) is 8.91. The molecule has 41 heavy (non-hydrogen) atoms. The number of anilines is 1. The van der Waals surface area contributed by atoms with Crippen molar-refractivity contribution in [3.63, 3.8) is 0 Å². The number of ether oxygens (including phenoxy) is 3. The van der Waals surface area contributed by atoms with Gasteiger partial charge in [0.2, 0.25) is 0 Å². The fourth-order valence-corrected chi connectivity index (χ4v) is 5.16. The number of methoxy groups -OCH3 is 2. The van der Waals surface area contributed by atoms with Gasteiger partial charge in [0.1, 0.15) is 0 Å². The highest BCUT2D eigenvalue weighted by atomic mass is 35.5. The van der Waals surface area contributed by atoms with Crippen molar-refractivity contribution in [3.8, 4) is 11.5 Å². The van der Waals surface area contributed by atoms with Crippen LogP contribution < -0.4 is 14.8 Å². The number of hydrogen-bond donors (Lipinski definition) is 2. The summed E-state index contributed by atoms with van der Waals surface area (Å²) in [6.07, 6.45) is 5.30. The molecule has 2 aromatic heterocycles. The van der Waals surface area contributed by atoms with Gasteiger partial charge in [0.15, 0.2) is 11.5 Å². The van der Waals surface area contributed by atoms with Crippen LogP contribution in [0.5, 0.6) is 11.5 Å². The second-order valence-electron chi connectivity index (χ2n) is 9.39. The fourth-order valence-electron chi connectivity index (χ4n) is 4.64. The Labute approximate surface area is 247 Å². The van der Waals surface area contributed by atoms with E-state index in [-0.39, 0.29) is 12.5 Å². The van der Waals surface area contributed by atoms with Crippen molar-refractivity contribution in [1.29, 1.82) is 0 Å². The Hall–Kier alpha value is -4.27. The molecule has 0 fully saturated rings. The predicted molar refractivity (Wildman–Crippen MR) is 160 cm³/mol. The summed E-state index contributed by atoms with van der Waals surface area (Å²) >= 11 is 12.9. The number of fused-ring (bicyclic) bond motifs is 1. The standard InChI is InChI=1S/C31H28Cl2N4O4/c1-39-28-10-9-20(13-29(28)40-2)23(12-24-25(32)16-34-17-26(24)33)18-41-31(38)21-6-3-5-19(11-21)14-35-27-8-4-7-22-15-36-37-30(22)27/h3-11,13,15-17,23,35H,12,14,18H2,1-2H3,(H,36,37)/t23-/m1/s1. The average Bonchev–Trinajstić information content (AvgIpc) is 3.49. The van der Waals surface area contributed by atoms with Crippen LogP contribution in [0.25, 0.3) is 10.9 Å². The van der Waals surface area contributed by atoms with E-state index in [0.29, 0.717) is 40.1 Å². The van der Waals surface area contributed by atoms with Crippen LogP contribution in [-0.2, 0) is 17.7 Å². The minimum absolute atomic E-state index is 0.0909. The zero-order valence-electron chi connectivity index (χ0n) is 22.5. The molecule has 0 saturated carbocycles. The molecule has 0 aliphatic heterocycles. The van der Waals surface area contributed by atoms with Gasteiger partial charge in [-0.15, -0.1) is 0 Å². The molecule has 210 valence electrons. The molecule has 1 atom stereocenters. The summed E-state index contributed by atoms with van der Waals surface area (Å²) in [5, 5.41) is 12.4. The minimum Gasteiger partial charge on any atom is -0.493 e. The second kappa shape index (κ2) is 12.9. The van der Waals surface area contributed by atoms with Gasteiger partial charge < -0.3 is 19.5 Å². The summed E-state index contributed by atoms with van der Waals surface area (Å²) in [6, 6.07) is 18.9. The van der Waals surface area contributed by atoms with E-state index in [2.05, 4.69) is 20.5 Å². The van der Waals surface area contributed by atoms with Gasteiger partial charge in [-0.05, 0) is 53.4 Å². The van der Waals surface area contributed by atoms with Crippen molar-refractivity contribution in [2.75, 3.05) is 26.1 Å². The molecule has 8 nitrogen and oxygen atoms in total. The molecule has 0 amide bonds. The first kappa shape index (κ1) is 28.3. The maximum Gasteiger partial charge on any atom is 0.338 e. The van der Waals surface area contributed by atoms with Crippen LogP contribution in [0.3, 0.4) is 0 Å². The monoisotopic (exact) mass is 590 g/mol. The Bertz CT molecular complexity index is 1650. The van der Waals surface area contributed by atoms with Gasteiger partial charge in [0.25, 0.3) is 0 Å². The summed E-state index contributed by atoms with van der Waals surface area (Å²) < 4.78 is 16.7. The number of aromatic nitrogens is 3. The van der Waals surface area contributed by atoms with E-state index in [9.17, 15) is 4.79 Å². The van der Waals surface area contributed by atoms with Gasteiger partial charge in [-0.2, -0.15) is 5.10 Å². The lowest BCUT2D eigenvalue weighted by atomic mass is 9.92. The van der Waals surface area contributed by atoms with Crippen LogP contribution in [0.15, 0.2) is 79.3 Å². The highest BCUT2D eigenvalue weighted by Crippen LogP contribution is 2.35. The minimum atomic E-state index is -0.431. The van der Waals surface area contributed by atoms with E-state index in [1.807, 2.05) is 54.6 Å². The van der Waals surface area contributed by atoms with Crippen LogP contribution in [0.1, 0.15) is 33.0 Å². The lowest BCUT2D eigenvalue weighted by molar-refractivity contribution is 0.0478. The summed E-state index contributed by atoms with van der Waals surface area (Å²) in [7, 11) is 3.15. The molecule has 0 aliphatic rings. The number of rotatable bonds is 11. The maximum atomic E-state index is 13.2. The van der Waals surface area contributed by atoms with Crippen molar-refractivity contribution < 1.29 is 19.0 Å². The summed E-state index contributed by atoms with van der Waals surface area (Å²) in [5.41, 5.74) is 4.85. The Balaban J connectivity index is 1.32. The number of H-pyrrole nitrogens is 1. The topological polar surface area (TPSA) is 98.4 Å². The van der Waals surface area contributed by atoms with Crippen LogP contribution in [-0.4, -0.2) is 42.0 Å². The average molecular weight is 591 g/mol. The number of esters is 1. The van der Waals surface area contributed by atoms with Gasteiger partial charge in [-0.3, -0.25) is 10.1 Å². The highest BCUT2D eigenvalue weighted by Gasteiger charge is 2.21. The number of carbonyl (C=O) groups is 1. The summed E-state index contributed by atoms with van der Waals surface area (Å²) in [6.45, 7) is 0.611. The largest absolute Gasteiger partial charge is 0.493 e. The molecule has 5 rings (SSSR count). The van der Waals surface area contributed by atoms with E-state index in [1.54, 1.807) is 38.9 Å². The van der Waals surface area contributed by atoms with E-state index in [0.717, 1.165) is 33.3 Å². The number of pyridine rings is 1. The third kappa shape index (κ3) is 6.56. The highest BCUT2D eigenvalue weighted by molar-refractivity contribution is 6.35. The first-order valence-electron chi connectivity index (χ1n) is 12.9. The molecule has 2 heterocycles. The number of halogens is 2. The third-order valence-electron chi connectivity index (χ3n) is 6.82. The molecule has 0 aliphatic carbocycles.